The third kappa shape index (κ3) is 3.64. The Balaban J connectivity index is 1.71. The average Bonchev–Trinajstić information content (AvgIpc) is 2.83. The third-order valence-corrected chi connectivity index (χ3v) is 6.34. The summed E-state index contributed by atoms with van der Waals surface area (Å²) in [5.41, 5.74) is 1.13. The van der Waals surface area contributed by atoms with Gasteiger partial charge in [0.1, 0.15) is 0 Å². The topological polar surface area (TPSA) is 57.7 Å². The summed E-state index contributed by atoms with van der Waals surface area (Å²) in [5, 5.41) is 0. The van der Waals surface area contributed by atoms with E-state index in [1.807, 2.05) is 30.3 Å². The lowest BCUT2D eigenvalue weighted by atomic mass is 10.0. The standard InChI is InChI=1S/C17H22N2O3S/c1-14(20)19-11-10-18(16-12-23(21,22)13-17(16)19)9-5-8-15-6-3-2-4-7-15/h2-8,16-17H,9-13H2,1H3/b8-5+/t16-,17+/m0/s1. The van der Waals surface area contributed by atoms with Crippen molar-refractivity contribution in [3.63, 3.8) is 0 Å². The highest BCUT2D eigenvalue weighted by Crippen LogP contribution is 2.27. The fourth-order valence-corrected chi connectivity index (χ4v) is 5.54. The number of carbonyl (C=O) groups is 1. The Hall–Kier alpha value is -1.66. The molecule has 23 heavy (non-hydrogen) atoms. The zero-order valence-corrected chi connectivity index (χ0v) is 14.1. The molecular weight excluding hydrogens is 312 g/mol. The van der Waals surface area contributed by atoms with Gasteiger partial charge >= 0.3 is 0 Å². The second-order valence-corrected chi connectivity index (χ2v) is 8.39. The summed E-state index contributed by atoms with van der Waals surface area (Å²) in [6, 6.07) is 9.75. The van der Waals surface area contributed by atoms with Crippen LogP contribution in [-0.2, 0) is 14.6 Å². The van der Waals surface area contributed by atoms with Crippen LogP contribution in [0.4, 0.5) is 0 Å². The quantitative estimate of drug-likeness (QED) is 0.828. The molecule has 0 spiro atoms. The van der Waals surface area contributed by atoms with E-state index in [1.54, 1.807) is 4.90 Å². The number of hydrogen-bond donors (Lipinski definition) is 0. The van der Waals surface area contributed by atoms with Gasteiger partial charge < -0.3 is 4.90 Å². The van der Waals surface area contributed by atoms with Crippen LogP contribution in [0.3, 0.4) is 0 Å². The number of nitrogens with zero attached hydrogens (tertiary/aromatic N) is 2. The van der Waals surface area contributed by atoms with Gasteiger partial charge in [-0.15, -0.1) is 0 Å². The average molecular weight is 334 g/mol. The molecule has 2 heterocycles. The molecular formula is C17H22N2O3S. The van der Waals surface area contributed by atoms with Crippen LogP contribution >= 0.6 is 0 Å². The van der Waals surface area contributed by atoms with Gasteiger partial charge in [-0.1, -0.05) is 42.5 Å². The number of amides is 1. The van der Waals surface area contributed by atoms with Gasteiger partial charge in [-0.2, -0.15) is 0 Å². The van der Waals surface area contributed by atoms with Crippen LogP contribution in [0.5, 0.6) is 0 Å². The van der Waals surface area contributed by atoms with Crippen LogP contribution in [0, 0.1) is 0 Å². The number of fused-ring (bicyclic) bond motifs is 1. The Morgan fingerprint density at radius 1 is 1.17 bits per heavy atom. The first-order valence-corrected chi connectivity index (χ1v) is 9.72. The van der Waals surface area contributed by atoms with Crippen molar-refractivity contribution in [2.45, 2.75) is 19.0 Å². The fraction of sp³-hybridized carbons (Fsp3) is 0.471. The molecule has 5 nitrogen and oxygen atoms in total. The minimum Gasteiger partial charge on any atom is -0.336 e. The number of hydrogen-bond acceptors (Lipinski definition) is 4. The summed E-state index contributed by atoms with van der Waals surface area (Å²) in [6.45, 7) is 3.55. The highest BCUT2D eigenvalue weighted by Gasteiger charge is 2.46. The lowest BCUT2D eigenvalue weighted by Crippen LogP contribution is -2.60. The monoisotopic (exact) mass is 334 g/mol. The minimum absolute atomic E-state index is 0.0309. The molecule has 0 saturated carbocycles. The van der Waals surface area contributed by atoms with Crippen LogP contribution < -0.4 is 0 Å². The molecule has 2 aliphatic rings. The molecule has 0 aromatic heterocycles. The second kappa shape index (κ2) is 6.45. The van der Waals surface area contributed by atoms with Crippen molar-refractivity contribution in [3.8, 4) is 0 Å². The normalized spacial score (nSPS) is 27.3. The van der Waals surface area contributed by atoms with E-state index in [-0.39, 0.29) is 29.5 Å². The predicted octanol–water partition coefficient (Wildman–Crippen LogP) is 1.03. The summed E-state index contributed by atoms with van der Waals surface area (Å²) in [5.74, 6) is 0.216. The summed E-state index contributed by atoms with van der Waals surface area (Å²) >= 11 is 0. The van der Waals surface area contributed by atoms with Crippen LogP contribution in [0.15, 0.2) is 36.4 Å². The Morgan fingerprint density at radius 3 is 2.57 bits per heavy atom. The predicted molar refractivity (Wildman–Crippen MR) is 90.7 cm³/mol. The zero-order chi connectivity index (χ0) is 16.4. The molecule has 2 atom stereocenters. The maximum atomic E-state index is 12.0. The molecule has 0 radical (unpaired) electrons. The molecule has 0 bridgehead atoms. The van der Waals surface area contributed by atoms with Crippen molar-refractivity contribution in [3.05, 3.63) is 42.0 Å². The maximum Gasteiger partial charge on any atom is 0.219 e. The summed E-state index contributed by atoms with van der Waals surface area (Å²) < 4.78 is 24.0. The van der Waals surface area contributed by atoms with E-state index in [2.05, 4.69) is 17.1 Å². The van der Waals surface area contributed by atoms with Gasteiger partial charge in [-0.25, -0.2) is 8.42 Å². The lowest BCUT2D eigenvalue weighted by molar-refractivity contribution is -0.134. The summed E-state index contributed by atoms with van der Waals surface area (Å²) in [4.78, 5) is 15.7. The Morgan fingerprint density at radius 2 is 1.87 bits per heavy atom. The molecule has 0 unspecified atom stereocenters. The van der Waals surface area contributed by atoms with Gasteiger partial charge in [0.2, 0.25) is 5.91 Å². The van der Waals surface area contributed by atoms with Crippen molar-refractivity contribution in [1.82, 2.24) is 9.80 Å². The highest BCUT2D eigenvalue weighted by atomic mass is 32.2. The van der Waals surface area contributed by atoms with E-state index < -0.39 is 9.84 Å². The molecule has 2 aliphatic heterocycles. The molecule has 2 fully saturated rings. The SMILES string of the molecule is CC(=O)N1CCN(C/C=C/c2ccccc2)[C@H]2CS(=O)(=O)C[C@H]21. The minimum atomic E-state index is -3.07. The number of sulfone groups is 1. The van der Waals surface area contributed by atoms with Gasteiger partial charge in [0.15, 0.2) is 9.84 Å². The van der Waals surface area contributed by atoms with Crippen molar-refractivity contribution in [2.24, 2.45) is 0 Å². The van der Waals surface area contributed by atoms with Gasteiger partial charge in [0.05, 0.1) is 17.5 Å². The van der Waals surface area contributed by atoms with Crippen molar-refractivity contribution >= 4 is 21.8 Å². The molecule has 1 amide bonds. The first-order valence-electron chi connectivity index (χ1n) is 7.89. The number of benzene rings is 1. The first kappa shape index (κ1) is 16.2. The van der Waals surface area contributed by atoms with Gasteiger partial charge in [0, 0.05) is 32.6 Å². The van der Waals surface area contributed by atoms with Gasteiger partial charge in [-0.3, -0.25) is 9.69 Å². The second-order valence-electron chi connectivity index (χ2n) is 6.23. The van der Waals surface area contributed by atoms with E-state index in [9.17, 15) is 13.2 Å². The van der Waals surface area contributed by atoms with E-state index in [1.165, 1.54) is 6.92 Å². The van der Waals surface area contributed by atoms with Crippen molar-refractivity contribution in [1.29, 1.82) is 0 Å². The fourth-order valence-electron chi connectivity index (χ4n) is 3.53. The van der Waals surface area contributed by atoms with Crippen LogP contribution in [0.2, 0.25) is 0 Å². The van der Waals surface area contributed by atoms with Crippen molar-refractivity contribution < 1.29 is 13.2 Å². The van der Waals surface area contributed by atoms with Gasteiger partial charge in [-0.05, 0) is 5.56 Å². The smallest absolute Gasteiger partial charge is 0.219 e. The largest absolute Gasteiger partial charge is 0.336 e. The Kier molecular flexibility index (Phi) is 4.55. The Bertz CT molecular complexity index is 700. The van der Waals surface area contributed by atoms with Crippen molar-refractivity contribution in [2.75, 3.05) is 31.1 Å². The highest BCUT2D eigenvalue weighted by molar-refractivity contribution is 7.91. The number of rotatable bonds is 3. The number of carbonyl (C=O) groups excluding carboxylic acids is 1. The Labute approximate surface area is 137 Å². The summed E-state index contributed by atoms with van der Waals surface area (Å²) in [7, 11) is -3.07. The number of piperazine rings is 1. The first-order chi connectivity index (χ1) is 11.0. The van der Waals surface area contributed by atoms with Crippen LogP contribution in [-0.4, -0.2) is 67.3 Å². The third-order valence-electron chi connectivity index (χ3n) is 4.65. The van der Waals surface area contributed by atoms with Crippen LogP contribution in [0.1, 0.15) is 12.5 Å². The van der Waals surface area contributed by atoms with E-state index in [0.29, 0.717) is 13.1 Å². The van der Waals surface area contributed by atoms with E-state index >= 15 is 0 Å². The van der Waals surface area contributed by atoms with E-state index in [0.717, 1.165) is 12.1 Å². The molecule has 2 saturated heterocycles. The van der Waals surface area contributed by atoms with Crippen LogP contribution in [0.25, 0.3) is 6.08 Å². The van der Waals surface area contributed by atoms with E-state index in [4.69, 9.17) is 0 Å². The molecule has 1 aromatic carbocycles. The molecule has 124 valence electrons. The zero-order valence-electron chi connectivity index (χ0n) is 13.3. The lowest BCUT2D eigenvalue weighted by Gasteiger charge is -2.43. The molecule has 0 aliphatic carbocycles. The molecule has 6 heteroatoms. The molecule has 3 rings (SSSR count). The van der Waals surface area contributed by atoms with Gasteiger partial charge in [0.25, 0.3) is 0 Å². The molecule has 1 aromatic rings. The maximum absolute atomic E-state index is 12.0. The summed E-state index contributed by atoms with van der Waals surface area (Å²) in [6.07, 6.45) is 4.12. The molecule has 0 N–H and O–H groups in total.